The number of hydrogen-bond donors (Lipinski definition) is 1. The van der Waals surface area contributed by atoms with E-state index in [0.29, 0.717) is 25.0 Å². The van der Waals surface area contributed by atoms with Crippen molar-refractivity contribution >= 4 is 17.4 Å². The first kappa shape index (κ1) is 16.9. The molecular formula is C20H20N2O3. The van der Waals surface area contributed by atoms with E-state index in [1.807, 2.05) is 42.5 Å². The predicted molar refractivity (Wildman–Crippen MR) is 95.6 cm³/mol. The van der Waals surface area contributed by atoms with E-state index in [2.05, 4.69) is 10.5 Å². The zero-order chi connectivity index (χ0) is 17.5. The van der Waals surface area contributed by atoms with Crippen LogP contribution in [0, 0.1) is 0 Å². The molecule has 0 heterocycles. The Hall–Kier alpha value is -2.95. The highest BCUT2D eigenvalue weighted by Crippen LogP contribution is 2.13. The van der Waals surface area contributed by atoms with Gasteiger partial charge in [-0.15, -0.1) is 0 Å². The van der Waals surface area contributed by atoms with Crippen molar-refractivity contribution in [1.82, 2.24) is 5.43 Å². The van der Waals surface area contributed by atoms with Crippen molar-refractivity contribution in [1.29, 1.82) is 0 Å². The molecule has 1 fully saturated rings. The molecule has 3 rings (SSSR count). The van der Waals surface area contributed by atoms with Crippen LogP contribution in [-0.4, -0.2) is 17.4 Å². The lowest BCUT2D eigenvalue weighted by molar-refractivity contribution is -0.118. The van der Waals surface area contributed by atoms with Crippen LogP contribution in [0.25, 0.3) is 0 Å². The fraction of sp³-hybridized carbons (Fsp3) is 0.250. The number of benzene rings is 2. The van der Waals surface area contributed by atoms with Gasteiger partial charge in [-0.05, 0) is 42.7 Å². The molecule has 5 nitrogen and oxygen atoms in total. The molecule has 25 heavy (non-hydrogen) atoms. The van der Waals surface area contributed by atoms with E-state index in [1.54, 1.807) is 12.1 Å². The van der Waals surface area contributed by atoms with Gasteiger partial charge in [-0.25, -0.2) is 5.43 Å². The lowest BCUT2D eigenvalue weighted by Crippen LogP contribution is -2.22. The molecule has 128 valence electrons. The zero-order valence-corrected chi connectivity index (χ0v) is 13.9. The van der Waals surface area contributed by atoms with Crippen molar-refractivity contribution in [3.63, 3.8) is 0 Å². The molecule has 1 amide bonds. The largest absolute Gasteiger partial charge is 0.489 e. The van der Waals surface area contributed by atoms with Crippen LogP contribution in [0.2, 0.25) is 0 Å². The Morgan fingerprint density at radius 1 is 1.04 bits per heavy atom. The topological polar surface area (TPSA) is 67.8 Å². The number of carbonyl (C=O) groups excluding carboxylic acids is 2. The normalized spacial score (nSPS) is 15.8. The maximum atomic E-state index is 12.1. The molecule has 0 atom stereocenters. The second-order valence-electron chi connectivity index (χ2n) is 5.99. The van der Waals surface area contributed by atoms with Gasteiger partial charge in [-0.1, -0.05) is 30.3 Å². The Labute approximate surface area is 146 Å². The number of carbonyl (C=O) groups is 2. The Balaban J connectivity index is 1.53. The monoisotopic (exact) mass is 336 g/mol. The molecule has 0 radical (unpaired) electrons. The summed E-state index contributed by atoms with van der Waals surface area (Å²) in [6.45, 7) is 0.441. The van der Waals surface area contributed by atoms with E-state index in [9.17, 15) is 9.59 Å². The van der Waals surface area contributed by atoms with E-state index in [1.165, 1.54) is 0 Å². The molecule has 1 saturated carbocycles. The number of rotatable bonds is 5. The van der Waals surface area contributed by atoms with Crippen LogP contribution in [0.1, 0.15) is 41.6 Å². The summed E-state index contributed by atoms with van der Waals surface area (Å²) in [5.41, 5.74) is 4.78. The average molecular weight is 336 g/mol. The van der Waals surface area contributed by atoms with E-state index in [4.69, 9.17) is 4.74 Å². The number of ether oxygens (including phenoxy) is 1. The summed E-state index contributed by atoms with van der Waals surface area (Å²) in [7, 11) is 0. The fourth-order valence-electron chi connectivity index (χ4n) is 2.62. The highest BCUT2D eigenvalue weighted by Gasteiger charge is 2.15. The van der Waals surface area contributed by atoms with E-state index >= 15 is 0 Å². The number of hydrogen-bond acceptors (Lipinski definition) is 4. The number of hydrazone groups is 1. The fourth-order valence-corrected chi connectivity index (χ4v) is 2.62. The lowest BCUT2D eigenvalue weighted by atomic mass is 9.97. The van der Waals surface area contributed by atoms with Crippen molar-refractivity contribution in [2.75, 3.05) is 0 Å². The van der Waals surface area contributed by atoms with Crippen LogP contribution in [0.5, 0.6) is 5.75 Å². The molecule has 1 aliphatic rings. The molecule has 0 saturated heterocycles. The highest BCUT2D eigenvalue weighted by molar-refractivity contribution is 6.04. The minimum Gasteiger partial charge on any atom is -0.489 e. The standard InChI is InChI=1S/C20H20N2O3/c23-18-6-4-5-17(13-18)21-22-20(24)16-11-9-15(10-12-16)14-25-19-7-2-1-3-8-19/h1-3,7-12H,4-6,13-14H2,(H,22,24). The molecule has 2 aromatic carbocycles. The maximum absolute atomic E-state index is 12.1. The van der Waals surface area contributed by atoms with Crippen molar-refractivity contribution in [2.24, 2.45) is 5.10 Å². The summed E-state index contributed by atoms with van der Waals surface area (Å²) in [5, 5.41) is 4.08. The second-order valence-corrected chi connectivity index (χ2v) is 5.99. The van der Waals surface area contributed by atoms with Gasteiger partial charge < -0.3 is 4.74 Å². The van der Waals surface area contributed by atoms with Gasteiger partial charge >= 0.3 is 0 Å². The number of ketones is 1. The van der Waals surface area contributed by atoms with Gasteiger partial charge in [-0.3, -0.25) is 9.59 Å². The number of Topliss-reactive ketones (excluding diaryl/α,β-unsaturated/α-hetero) is 1. The first-order chi connectivity index (χ1) is 12.2. The first-order valence-corrected chi connectivity index (χ1v) is 8.35. The van der Waals surface area contributed by atoms with Gasteiger partial charge in [0.1, 0.15) is 18.1 Å². The third-order valence-corrected chi connectivity index (χ3v) is 4.00. The Bertz CT molecular complexity index is 767. The minimum absolute atomic E-state index is 0.182. The van der Waals surface area contributed by atoms with Crippen LogP contribution in [0.3, 0.4) is 0 Å². The van der Waals surface area contributed by atoms with Crippen LogP contribution in [-0.2, 0) is 11.4 Å². The summed E-state index contributed by atoms with van der Waals surface area (Å²) in [5.74, 6) is 0.713. The number of nitrogens with one attached hydrogen (secondary N) is 1. The molecule has 0 aliphatic heterocycles. The van der Waals surface area contributed by atoms with Crippen LogP contribution < -0.4 is 10.2 Å². The summed E-state index contributed by atoms with van der Waals surface area (Å²) >= 11 is 0. The quantitative estimate of drug-likeness (QED) is 0.850. The molecular weight excluding hydrogens is 316 g/mol. The van der Waals surface area contributed by atoms with Crippen LogP contribution in [0.4, 0.5) is 0 Å². The Morgan fingerprint density at radius 3 is 2.52 bits per heavy atom. The SMILES string of the molecule is O=C1CCCC(=NNC(=O)c2ccc(COc3ccccc3)cc2)C1. The molecule has 0 spiro atoms. The van der Waals surface area contributed by atoms with Crippen molar-refractivity contribution in [3.05, 3.63) is 65.7 Å². The van der Waals surface area contributed by atoms with E-state index in [-0.39, 0.29) is 11.7 Å². The minimum atomic E-state index is -0.277. The smallest absolute Gasteiger partial charge is 0.271 e. The van der Waals surface area contributed by atoms with Gasteiger partial charge in [0.05, 0.1) is 0 Å². The number of para-hydroxylation sites is 1. The third kappa shape index (κ3) is 5.01. The van der Waals surface area contributed by atoms with Crippen molar-refractivity contribution in [2.45, 2.75) is 32.3 Å². The number of amides is 1. The summed E-state index contributed by atoms with van der Waals surface area (Å²) in [4.78, 5) is 23.5. The Morgan fingerprint density at radius 2 is 1.80 bits per heavy atom. The van der Waals surface area contributed by atoms with Gasteiger partial charge in [0.2, 0.25) is 0 Å². The average Bonchev–Trinajstić information content (AvgIpc) is 2.66. The molecule has 1 aliphatic carbocycles. The van der Waals surface area contributed by atoms with Crippen molar-refractivity contribution in [3.8, 4) is 5.75 Å². The van der Waals surface area contributed by atoms with E-state index < -0.39 is 0 Å². The predicted octanol–water partition coefficient (Wildman–Crippen LogP) is 3.49. The lowest BCUT2D eigenvalue weighted by Gasteiger charge is -2.11. The van der Waals surface area contributed by atoms with Gasteiger partial charge in [-0.2, -0.15) is 5.10 Å². The van der Waals surface area contributed by atoms with Gasteiger partial charge in [0.25, 0.3) is 5.91 Å². The van der Waals surface area contributed by atoms with Crippen molar-refractivity contribution < 1.29 is 14.3 Å². The highest BCUT2D eigenvalue weighted by atomic mass is 16.5. The molecule has 1 N–H and O–H groups in total. The zero-order valence-electron chi connectivity index (χ0n) is 13.9. The first-order valence-electron chi connectivity index (χ1n) is 8.35. The molecule has 0 unspecified atom stereocenters. The van der Waals surface area contributed by atoms with Gasteiger partial charge in [0, 0.05) is 24.1 Å². The third-order valence-electron chi connectivity index (χ3n) is 4.00. The molecule has 5 heteroatoms. The Kier molecular flexibility index (Phi) is 5.57. The van der Waals surface area contributed by atoms with Crippen LogP contribution in [0.15, 0.2) is 59.7 Å². The van der Waals surface area contributed by atoms with Gasteiger partial charge in [0.15, 0.2) is 0 Å². The second kappa shape index (κ2) is 8.24. The number of nitrogens with zero attached hydrogens (tertiary/aromatic N) is 1. The maximum Gasteiger partial charge on any atom is 0.271 e. The molecule has 0 aromatic heterocycles. The van der Waals surface area contributed by atoms with E-state index in [0.717, 1.165) is 29.9 Å². The summed E-state index contributed by atoms with van der Waals surface area (Å²) in [6, 6.07) is 16.8. The summed E-state index contributed by atoms with van der Waals surface area (Å²) in [6.07, 6.45) is 2.53. The summed E-state index contributed by atoms with van der Waals surface area (Å²) < 4.78 is 5.67. The molecule has 0 bridgehead atoms. The van der Waals surface area contributed by atoms with Crippen LogP contribution >= 0.6 is 0 Å². The molecule has 2 aromatic rings.